The molecule has 2 saturated heterocycles. The predicted molar refractivity (Wildman–Crippen MR) is 95.4 cm³/mol. The Morgan fingerprint density at radius 3 is 2.77 bits per heavy atom. The number of hydrogen-bond donors (Lipinski definition) is 1. The van der Waals surface area contributed by atoms with Crippen LogP contribution in [0.25, 0.3) is 0 Å². The van der Waals surface area contributed by atoms with Crippen molar-refractivity contribution in [3.05, 3.63) is 35.9 Å². The van der Waals surface area contributed by atoms with E-state index in [4.69, 9.17) is 4.74 Å². The van der Waals surface area contributed by atoms with Crippen molar-refractivity contribution in [2.45, 2.75) is 31.9 Å². The summed E-state index contributed by atoms with van der Waals surface area (Å²) >= 11 is 0. The highest BCUT2D eigenvalue weighted by molar-refractivity contribution is 5.84. The van der Waals surface area contributed by atoms with E-state index in [1.807, 2.05) is 18.2 Å². The summed E-state index contributed by atoms with van der Waals surface area (Å²) in [7, 11) is 0. The molecule has 26 heavy (non-hydrogen) atoms. The number of aliphatic carboxylic acids is 1. The number of benzene rings is 1. The van der Waals surface area contributed by atoms with Crippen LogP contribution in [0.3, 0.4) is 0 Å². The van der Waals surface area contributed by atoms with Crippen LogP contribution in [0.4, 0.5) is 0 Å². The number of likely N-dealkylation sites (tertiary alicyclic amines) is 1. The van der Waals surface area contributed by atoms with Gasteiger partial charge >= 0.3 is 5.97 Å². The molecule has 2 aliphatic heterocycles. The molecule has 3 atom stereocenters. The lowest BCUT2D eigenvalue weighted by molar-refractivity contribution is -0.152. The minimum absolute atomic E-state index is 0.0437. The van der Waals surface area contributed by atoms with E-state index in [-0.39, 0.29) is 11.8 Å². The molecule has 6 heteroatoms. The number of nitrogens with zero attached hydrogens (tertiary/aromatic N) is 2. The van der Waals surface area contributed by atoms with Crippen molar-refractivity contribution < 1.29 is 19.4 Å². The van der Waals surface area contributed by atoms with Crippen LogP contribution < -0.4 is 0 Å². The van der Waals surface area contributed by atoms with Gasteiger partial charge in [0.2, 0.25) is 0 Å². The second-order valence-corrected chi connectivity index (χ2v) is 7.85. The molecule has 2 heterocycles. The lowest BCUT2D eigenvalue weighted by atomic mass is 9.81. The van der Waals surface area contributed by atoms with Gasteiger partial charge < -0.3 is 14.7 Å². The maximum Gasteiger partial charge on any atom is 0.311 e. The third-order valence-electron chi connectivity index (χ3n) is 6.28. The second-order valence-electron chi connectivity index (χ2n) is 7.85. The molecule has 140 valence electrons. The van der Waals surface area contributed by atoms with Gasteiger partial charge in [0.05, 0.1) is 12.0 Å². The van der Waals surface area contributed by atoms with Gasteiger partial charge in [0.15, 0.2) is 0 Å². The van der Waals surface area contributed by atoms with E-state index in [2.05, 4.69) is 17.0 Å². The first-order valence-corrected chi connectivity index (χ1v) is 9.48. The highest BCUT2D eigenvalue weighted by Gasteiger charge is 2.56. The topological polar surface area (TPSA) is 70.1 Å². The van der Waals surface area contributed by atoms with Gasteiger partial charge in [-0.3, -0.25) is 14.5 Å². The maximum atomic E-state index is 13.0. The van der Waals surface area contributed by atoms with Crippen LogP contribution in [-0.4, -0.2) is 65.7 Å². The minimum atomic E-state index is -0.745. The lowest BCUT2D eigenvalue weighted by Crippen LogP contribution is -2.50. The zero-order valence-corrected chi connectivity index (χ0v) is 15.0. The van der Waals surface area contributed by atoms with Gasteiger partial charge in [-0.25, -0.2) is 0 Å². The van der Waals surface area contributed by atoms with Gasteiger partial charge in [-0.05, 0) is 24.3 Å². The van der Waals surface area contributed by atoms with Crippen LogP contribution in [0.1, 0.15) is 24.8 Å². The Morgan fingerprint density at radius 2 is 2.04 bits per heavy atom. The van der Waals surface area contributed by atoms with Crippen molar-refractivity contribution in [1.29, 1.82) is 0 Å². The van der Waals surface area contributed by atoms with Gasteiger partial charge in [-0.2, -0.15) is 0 Å². The van der Waals surface area contributed by atoms with Gasteiger partial charge in [-0.15, -0.1) is 0 Å². The Balaban J connectivity index is 1.40. The monoisotopic (exact) mass is 358 g/mol. The molecule has 4 rings (SSSR count). The Hall–Kier alpha value is -1.92. The molecular weight excluding hydrogens is 332 g/mol. The molecule has 0 aromatic heterocycles. The Kier molecular flexibility index (Phi) is 4.71. The van der Waals surface area contributed by atoms with Crippen LogP contribution in [0.2, 0.25) is 0 Å². The van der Waals surface area contributed by atoms with Crippen molar-refractivity contribution in [3.8, 4) is 0 Å². The molecule has 1 aromatic carbocycles. The van der Waals surface area contributed by atoms with Crippen LogP contribution in [-0.2, 0) is 20.9 Å². The first kappa shape index (κ1) is 17.5. The first-order chi connectivity index (χ1) is 12.6. The summed E-state index contributed by atoms with van der Waals surface area (Å²) in [5.74, 6) is -0.698. The molecular formula is C20H26N2O4. The molecule has 3 fully saturated rings. The Morgan fingerprint density at radius 1 is 1.23 bits per heavy atom. The largest absolute Gasteiger partial charge is 0.481 e. The zero-order valence-electron chi connectivity index (χ0n) is 15.0. The number of carbonyl (C=O) groups excluding carboxylic acids is 1. The number of carbonyl (C=O) groups is 2. The SMILES string of the molecule is O=C(C1CN(Cc2ccccc2)CCO1)N1C[C@@H]2CCC[C@@]2(C(=O)O)C1. The highest BCUT2D eigenvalue weighted by atomic mass is 16.5. The van der Waals surface area contributed by atoms with Crippen LogP contribution in [0.5, 0.6) is 0 Å². The molecule has 1 unspecified atom stereocenters. The second kappa shape index (κ2) is 7.00. The van der Waals surface area contributed by atoms with Crippen LogP contribution >= 0.6 is 0 Å². The molecule has 1 aromatic rings. The summed E-state index contributed by atoms with van der Waals surface area (Å²) in [5, 5.41) is 9.71. The molecule has 1 aliphatic carbocycles. The van der Waals surface area contributed by atoms with E-state index in [0.717, 1.165) is 25.9 Å². The van der Waals surface area contributed by atoms with Gasteiger partial charge in [0, 0.05) is 32.7 Å². The number of fused-ring (bicyclic) bond motifs is 1. The average molecular weight is 358 g/mol. The number of rotatable bonds is 4. The van der Waals surface area contributed by atoms with Crippen molar-refractivity contribution in [2.24, 2.45) is 11.3 Å². The highest BCUT2D eigenvalue weighted by Crippen LogP contribution is 2.49. The van der Waals surface area contributed by atoms with Crippen LogP contribution in [0, 0.1) is 11.3 Å². The van der Waals surface area contributed by atoms with Crippen molar-refractivity contribution in [1.82, 2.24) is 9.80 Å². The smallest absolute Gasteiger partial charge is 0.311 e. The molecule has 0 radical (unpaired) electrons. The van der Waals surface area contributed by atoms with Crippen molar-refractivity contribution >= 4 is 11.9 Å². The van der Waals surface area contributed by atoms with E-state index < -0.39 is 17.5 Å². The Labute approximate surface area is 153 Å². The van der Waals surface area contributed by atoms with E-state index in [0.29, 0.717) is 32.7 Å². The summed E-state index contributed by atoms with van der Waals surface area (Å²) in [6.07, 6.45) is 2.05. The lowest BCUT2D eigenvalue weighted by Gasteiger charge is -2.34. The molecule has 1 saturated carbocycles. The third-order valence-corrected chi connectivity index (χ3v) is 6.28. The van der Waals surface area contributed by atoms with E-state index >= 15 is 0 Å². The van der Waals surface area contributed by atoms with Crippen LogP contribution in [0.15, 0.2) is 30.3 Å². The van der Waals surface area contributed by atoms with Crippen molar-refractivity contribution in [2.75, 3.05) is 32.8 Å². The number of hydrogen-bond acceptors (Lipinski definition) is 4. The Bertz CT molecular complexity index is 680. The molecule has 3 aliphatic rings. The maximum absolute atomic E-state index is 13.0. The molecule has 6 nitrogen and oxygen atoms in total. The quantitative estimate of drug-likeness (QED) is 0.885. The molecule has 0 bridgehead atoms. The van der Waals surface area contributed by atoms with E-state index in [9.17, 15) is 14.7 Å². The number of carboxylic acid groups (broad SMARTS) is 1. The molecule has 1 amide bonds. The average Bonchev–Trinajstić information content (AvgIpc) is 3.21. The fraction of sp³-hybridized carbons (Fsp3) is 0.600. The first-order valence-electron chi connectivity index (χ1n) is 9.48. The predicted octanol–water partition coefficient (Wildman–Crippen LogP) is 1.60. The number of amides is 1. The standard InChI is InChI=1S/C20H26N2O4/c23-18(22-12-16-7-4-8-20(16,14-22)19(24)25)17-13-21(9-10-26-17)11-15-5-2-1-3-6-15/h1-3,5-6,16-17H,4,7-14H2,(H,24,25)/t16-,17?,20+/m0/s1. The van der Waals surface area contributed by atoms with Gasteiger partial charge in [0.25, 0.3) is 5.91 Å². The molecule has 1 N–H and O–H groups in total. The van der Waals surface area contributed by atoms with Crippen molar-refractivity contribution in [3.63, 3.8) is 0 Å². The summed E-state index contributed by atoms with van der Waals surface area (Å²) in [6.45, 7) is 3.60. The van der Waals surface area contributed by atoms with E-state index in [1.165, 1.54) is 5.56 Å². The summed E-state index contributed by atoms with van der Waals surface area (Å²) in [5.41, 5.74) is 0.495. The minimum Gasteiger partial charge on any atom is -0.481 e. The fourth-order valence-electron chi connectivity index (χ4n) is 4.85. The molecule has 0 spiro atoms. The summed E-state index contributed by atoms with van der Waals surface area (Å²) < 4.78 is 5.76. The van der Waals surface area contributed by atoms with Gasteiger partial charge in [-0.1, -0.05) is 36.8 Å². The summed E-state index contributed by atoms with van der Waals surface area (Å²) in [6, 6.07) is 10.2. The normalized spacial score (nSPS) is 31.8. The van der Waals surface area contributed by atoms with Gasteiger partial charge in [0.1, 0.15) is 6.10 Å². The third kappa shape index (κ3) is 3.12. The zero-order chi connectivity index (χ0) is 18.1. The van der Waals surface area contributed by atoms with E-state index in [1.54, 1.807) is 4.90 Å². The number of carboxylic acids is 1. The fourth-order valence-corrected chi connectivity index (χ4v) is 4.85. The summed E-state index contributed by atoms with van der Waals surface area (Å²) in [4.78, 5) is 28.8. The number of morpholine rings is 1. The number of ether oxygens (including phenoxy) is 1.